The van der Waals surface area contributed by atoms with E-state index in [1.807, 2.05) is 13.0 Å². The predicted octanol–water partition coefficient (Wildman–Crippen LogP) is 2.92. The van der Waals surface area contributed by atoms with Crippen LogP contribution in [0.5, 0.6) is 0 Å². The largest absolute Gasteiger partial charge is 0.372 e. The van der Waals surface area contributed by atoms with Crippen molar-refractivity contribution in [3.63, 3.8) is 0 Å². The van der Waals surface area contributed by atoms with Crippen molar-refractivity contribution in [2.45, 2.75) is 12.1 Å². The van der Waals surface area contributed by atoms with Crippen molar-refractivity contribution >= 4 is 28.5 Å². The molecule has 0 atom stereocenters. The smallest absolute Gasteiger partial charge is 0.190 e. The third kappa shape index (κ3) is 1.95. The zero-order valence-electron chi connectivity index (χ0n) is 9.12. The molecular formula is C11H12FN3S. The van der Waals surface area contributed by atoms with Gasteiger partial charge >= 0.3 is 0 Å². The molecule has 2 rings (SSSR count). The molecule has 3 nitrogen and oxygen atoms in total. The van der Waals surface area contributed by atoms with Gasteiger partial charge in [0.15, 0.2) is 5.16 Å². The van der Waals surface area contributed by atoms with Crippen molar-refractivity contribution < 1.29 is 4.39 Å². The number of nitrogens with one attached hydrogen (secondary N) is 1. The number of nitrogens with zero attached hydrogens (tertiary/aromatic N) is 2. The molecule has 1 aromatic heterocycles. The number of anilines is 1. The molecule has 0 fully saturated rings. The highest BCUT2D eigenvalue weighted by Crippen LogP contribution is 2.25. The van der Waals surface area contributed by atoms with E-state index in [1.165, 1.54) is 17.8 Å². The molecule has 0 saturated heterocycles. The van der Waals surface area contributed by atoms with Crippen LogP contribution >= 0.6 is 11.8 Å². The second-order valence-electron chi connectivity index (χ2n) is 3.17. The van der Waals surface area contributed by atoms with Gasteiger partial charge in [-0.05, 0) is 17.9 Å². The van der Waals surface area contributed by atoms with Crippen molar-refractivity contribution in [2.75, 3.05) is 18.1 Å². The van der Waals surface area contributed by atoms with Crippen LogP contribution in [0.1, 0.15) is 6.92 Å². The fourth-order valence-electron chi connectivity index (χ4n) is 1.48. The molecule has 0 aliphatic heterocycles. The maximum absolute atomic E-state index is 13.6. The number of thioether (sulfide) groups is 1. The molecule has 84 valence electrons. The molecule has 0 aliphatic carbocycles. The van der Waals surface area contributed by atoms with E-state index < -0.39 is 0 Å². The van der Waals surface area contributed by atoms with E-state index in [9.17, 15) is 4.39 Å². The summed E-state index contributed by atoms with van der Waals surface area (Å²) in [4.78, 5) is 8.53. The van der Waals surface area contributed by atoms with Gasteiger partial charge in [-0.2, -0.15) is 0 Å². The van der Waals surface area contributed by atoms with Crippen LogP contribution < -0.4 is 5.32 Å². The first-order valence-electron chi connectivity index (χ1n) is 5.03. The summed E-state index contributed by atoms with van der Waals surface area (Å²) < 4.78 is 13.6. The highest BCUT2D eigenvalue weighted by atomic mass is 32.2. The molecule has 16 heavy (non-hydrogen) atoms. The van der Waals surface area contributed by atoms with Gasteiger partial charge in [0.1, 0.15) is 17.2 Å². The van der Waals surface area contributed by atoms with E-state index in [-0.39, 0.29) is 5.82 Å². The Balaban J connectivity index is 2.69. The third-order valence-corrected chi connectivity index (χ3v) is 2.90. The van der Waals surface area contributed by atoms with E-state index in [0.717, 1.165) is 5.75 Å². The van der Waals surface area contributed by atoms with Gasteiger partial charge in [0.2, 0.25) is 0 Å². The number of hydrogen-bond acceptors (Lipinski definition) is 4. The Morgan fingerprint density at radius 1 is 1.38 bits per heavy atom. The van der Waals surface area contributed by atoms with Crippen LogP contribution in [-0.4, -0.2) is 22.8 Å². The van der Waals surface area contributed by atoms with Crippen LogP contribution in [0, 0.1) is 5.82 Å². The highest BCUT2D eigenvalue weighted by molar-refractivity contribution is 7.99. The first-order chi connectivity index (χ1) is 7.76. The van der Waals surface area contributed by atoms with Crippen LogP contribution in [0.2, 0.25) is 0 Å². The molecule has 2 aromatic rings. The normalized spacial score (nSPS) is 10.7. The van der Waals surface area contributed by atoms with Crippen molar-refractivity contribution in [3.8, 4) is 0 Å². The number of benzene rings is 1. The van der Waals surface area contributed by atoms with Gasteiger partial charge in [0, 0.05) is 12.4 Å². The number of hydrogen-bond donors (Lipinski definition) is 1. The number of para-hydroxylation sites is 1. The lowest BCUT2D eigenvalue weighted by molar-refractivity contribution is 0.635. The Labute approximate surface area is 97.5 Å². The lowest BCUT2D eigenvalue weighted by Gasteiger charge is -2.07. The molecule has 1 heterocycles. The summed E-state index contributed by atoms with van der Waals surface area (Å²) in [6.07, 6.45) is 0. The minimum Gasteiger partial charge on any atom is -0.372 e. The van der Waals surface area contributed by atoms with E-state index in [1.54, 1.807) is 13.1 Å². The van der Waals surface area contributed by atoms with Crippen molar-refractivity contribution in [2.24, 2.45) is 0 Å². The standard InChI is InChI=1S/C11H12FN3S/c1-3-16-11-14-9-7(10(13-2)15-11)5-4-6-8(9)12/h4-6H,3H2,1-2H3,(H,13,14,15). The first-order valence-corrected chi connectivity index (χ1v) is 6.01. The summed E-state index contributed by atoms with van der Waals surface area (Å²) >= 11 is 1.50. The van der Waals surface area contributed by atoms with Crippen molar-refractivity contribution in [3.05, 3.63) is 24.0 Å². The molecule has 5 heteroatoms. The first kappa shape index (κ1) is 11.1. The molecule has 1 aromatic carbocycles. The van der Waals surface area contributed by atoms with Gasteiger partial charge in [-0.1, -0.05) is 24.8 Å². The van der Waals surface area contributed by atoms with Crippen molar-refractivity contribution in [1.82, 2.24) is 9.97 Å². The van der Waals surface area contributed by atoms with Crippen LogP contribution in [0.15, 0.2) is 23.4 Å². The number of aromatic nitrogens is 2. The van der Waals surface area contributed by atoms with Gasteiger partial charge in [0.05, 0.1) is 0 Å². The van der Waals surface area contributed by atoms with E-state index >= 15 is 0 Å². The molecule has 1 N–H and O–H groups in total. The lowest BCUT2D eigenvalue weighted by atomic mass is 10.2. The van der Waals surface area contributed by atoms with Crippen LogP contribution in [0.4, 0.5) is 10.2 Å². The fourth-order valence-corrected chi connectivity index (χ4v) is 2.05. The monoisotopic (exact) mass is 237 g/mol. The molecule has 0 aliphatic rings. The minimum atomic E-state index is -0.311. The minimum absolute atomic E-state index is 0.311. The van der Waals surface area contributed by atoms with Crippen LogP contribution in [0.3, 0.4) is 0 Å². The fraction of sp³-hybridized carbons (Fsp3) is 0.273. The zero-order chi connectivity index (χ0) is 11.5. The number of fused-ring (bicyclic) bond motifs is 1. The van der Waals surface area contributed by atoms with Crippen LogP contribution in [0.25, 0.3) is 10.9 Å². The maximum Gasteiger partial charge on any atom is 0.190 e. The molecule has 0 amide bonds. The van der Waals surface area contributed by atoms with Crippen molar-refractivity contribution in [1.29, 1.82) is 0 Å². The average Bonchev–Trinajstić information content (AvgIpc) is 2.30. The SMILES string of the molecule is CCSc1nc(NC)c2cccc(F)c2n1. The third-order valence-electron chi connectivity index (χ3n) is 2.17. The molecular weight excluding hydrogens is 225 g/mol. The van der Waals surface area contributed by atoms with E-state index in [2.05, 4.69) is 15.3 Å². The predicted molar refractivity (Wildman–Crippen MR) is 65.4 cm³/mol. The quantitative estimate of drug-likeness (QED) is 0.658. The maximum atomic E-state index is 13.6. The Bertz CT molecular complexity index is 516. The molecule has 0 saturated carbocycles. The summed E-state index contributed by atoms with van der Waals surface area (Å²) in [7, 11) is 1.77. The highest BCUT2D eigenvalue weighted by Gasteiger charge is 2.09. The van der Waals surface area contributed by atoms with Gasteiger partial charge in [0.25, 0.3) is 0 Å². The molecule has 0 unspecified atom stereocenters. The summed E-state index contributed by atoms with van der Waals surface area (Å²) in [5.41, 5.74) is 0.373. The Hall–Kier alpha value is -1.36. The van der Waals surface area contributed by atoms with Crippen LogP contribution in [-0.2, 0) is 0 Å². The number of halogens is 1. The molecule has 0 spiro atoms. The van der Waals surface area contributed by atoms with E-state index in [0.29, 0.717) is 21.9 Å². The Morgan fingerprint density at radius 3 is 2.88 bits per heavy atom. The Morgan fingerprint density at radius 2 is 2.19 bits per heavy atom. The second kappa shape index (κ2) is 4.65. The molecule has 0 radical (unpaired) electrons. The van der Waals surface area contributed by atoms with Gasteiger partial charge < -0.3 is 5.32 Å². The summed E-state index contributed by atoms with van der Waals surface area (Å²) in [5, 5.41) is 4.28. The molecule has 0 bridgehead atoms. The topological polar surface area (TPSA) is 37.8 Å². The summed E-state index contributed by atoms with van der Waals surface area (Å²) in [6.45, 7) is 2.01. The Kier molecular flexibility index (Phi) is 3.24. The van der Waals surface area contributed by atoms with E-state index in [4.69, 9.17) is 0 Å². The summed E-state index contributed by atoms with van der Waals surface area (Å²) in [6, 6.07) is 4.88. The van der Waals surface area contributed by atoms with Gasteiger partial charge in [-0.3, -0.25) is 0 Å². The van der Waals surface area contributed by atoms with Gasteiger partial charge in [-0.25, -0.2) is 14.4 Å². The lowest BCUT2D eigenvalue weighted by Crippen LogP contribution is -1.99. The second-order valence-corrected chi connectivity index (χ2v) is 4.40. The average molecular weight is 237 g/mol. The van der Waals surface area contributed by atoms with Gasteiger partial charge in [-0.15, -0.1) is 0 Å². The number of rotatable bonds is 3. The summed E-state index contributed by atoms with van der Waals surface area (Å²) in [5.74, 6) is 1.22. The zero-order valence-corrected chi connectivity index (χ0v) is 9.94.